The highest BCUT2D eigenvalue weighted by Crippen LogP contribution is 2.29. The highest BCUT2D eigenvalue weighted by molar-refractivity contribution is 7.89. The van der Waals surface area contributed by atoms with Crippen molar-refractivity contribution < 1.29 is 17.9 Å². The van der Waals surface area contributed by atoms with Gasteiger partial charge in [-0.15, -0.1) is 0 Å². The van der Waals surface area contributed by atoms with E-state index in [0.29, 0.717) is 42.4 Å². The Morgan fingerprint density at radius 3 is 2.24 bits per heavy atom. The molecule has 0 radical (unpaired) electrons. The average Bonchev–Trinajstić information content (AvgIpc) is 2.49. The van der Waals surface area contributed by atoms with Gasteiger partial charge in [0.2, 0.25) is 16.4 Å². The van der Waals surface area contributed by atoms with E-state index in [4.69, 9.17) is 4.74 Å². The molecule has 0 saturated carbocycles. The Kier molecular flexibility index (Phi) is 4.53. The van der Waals surface area contributed by atoms with Gasteiger partial charge in [-0.3, -0.25) is 4.79 Å². The van der Waals surface area contributed by atoms with E-state index in [9.17, 15) is 13.2 Å². The summed E-state index contributed by atoms with van der Waals surface area (Å²) in [5, 5.41) is 0. The number of hydrogen-bond donors (Lipinski definition) is 0. The Morgan fingerprint density at radius 1 is 1.10 bits per heavy atom. The van der Waals surface area contributed by atoms with E-state index in [1.54, 1.807) is 31.1 Å². The van der Waals surface area contributed by atoms with Crippen LogP contribution in [0.5, 0.6) is 5.75 Å². The first kappa shape index (κ1) is 15.8. The van der Waals surface area contributed by atoms with Crippen molar-refractivity contribution in [3.05, 3.63) is 23.3 Å². The van der Waals surface area contributed by atoms with Gasteiger partial charge in [0.1, 0.15) is 5.75 Å². The molecule has 1 aromatic carbocycles. The second kappa shape index (κ2) is 6.03. The standard InChI is InChI=1S/C14H20N2O4S/c1-11-12(2)14(5-4-13(11)20-3)21(18,19)16-8-6-15(10-17)7-9-16/h4-5,10H,6-9H2,1-3H3. The molecule has 0 atom stereocenters. The molecule has 116 valence electrons. The third-order valence-corrected chi connectivity index (χ3v) is 5.99. The Balaban J connectivity index is 2.33. The summed E-state index contributed by atoms with van der Waals surface area (Å²) in [6, 6.07) is 3.26. The first-order chi connectivity index (χ1) is 9.91. The van der Waals surface area contributed by atoms with E-state index in [1.807, 2.05) is 6.92 Å². The lowest BCUT2D eigenvalue weighted by molar-refractivity contribution is -0.119. The minimum atomic E-state index is -3.54. The van der Waals surface area contributed by atoms with Crippen molar-refractivity contribution in [2.24, 2.45) is 0 Å². The smallest absolute Gasteiger partial charge is 0.243 e. The molecule has 1 saturated heterocycles. The molecule has 2 rings (SSSR count). The van der Waals surface area contributed by atoms with Gasteiger partial charge in [0.05, 0.1) is 12.0 Å². The lowest BCUT2D eigenvalue weighted by Crippen LogP contribution is -2.48. The van der Waals surface area contributed by atoms with E-state index >= 15 is 0 Å². The first-order valence-corrected chi connectivity index (χ1v) is 8.19. The van der Waals surface area contributed by atoms with Crippen LogP contribution in [0.25, 0.3) is 0 Å². The summed E-state index contributed by atoms with van der Waals surface area (Å²) in [5.41, 5.74) is 1.53. The van der Waals surface area contributed by atoms with Crippen LogP contribution in [0.3, 0.4) is 0 Å². The molecule has 0 aliphatic carbocycles. The van der Waals surface area contributed by atoms with Crippen LogP contribution in [0.4, 0.5) is 0 Å². The number of carbonyl (C=O) groups excluding carboxylic acids is 1. The predicted molar refractivity (Wildman–Crippen MR) is 78.9 cm³/mol. The zero-order valence-electron chi connectivity index (χ0n) is 12.5. The minimum Gasteiger partial charge on any atom is -0.496 e. The van der Waals surface area contributed by atoms with Gasteiger partial charge in [-0.25, -0.2) is 8.42 Å². The van der Waals surface area contributed by atoms with Crippen LogP contribution >= 0.6 is 0 Å². The molecule has 0 spiro atoms. The lowest BCUT2D eigenvalue weighted by atomic mass is 10.1. The number of carbonyl (C=O) groups is 1. The third-order valence-electron chi connectivity index (χ3n) is 3.95. The average molecular weight is 312 g/mol. The summed E-state index contributed by atoms with van der Waals surface area (Å²) in [4.78, 5) is 12.6. The van der Waals surface area contributed by atoms with E-state index in [2.05, 4.69) is 0 Å². The summed E-state index contributed by atoms with van der Waals surface area (Å²) in [5.74, 6) is 0.678. The summed E-state index contributed by atoms with van der Waals surface area (Å²) < 4.78 is 32.1. The second-order valence-corrected chi connectivity index (χ2v) is 6.97. The van der Waals surface area contributed by atoms with Crippen molar-refractivity contribution in [1.82, 2.24) is 9.21 Å². The predicted octanol–water partition coefficient (Wildman–Crippen LogP) is 0.775. The molecule has 6 nitrogen and oxygen atoms in total. The second-order valence-electron chi connectivity index (χ2n) is 5.06. The number of piperazine rings is 1. The molecular weight excluding hydrogens is 292 g/mol. The first-order valence-electron chi connectivity index (χ1n) is 6.75. The van der Waals surface area contributed by atoms with Crippen molar-refractivity contribution in [3.8, 4) is 5.75 Å². The van der Waals surface area contributed by atoms with Crippen LogP contribution in [0.2, 0.25) is 0 Å². The molecule has 1 aliphatic rings. The topological polar surface area (TPSA) is 66.9 Å². The lowest BCUT2D eigenvalue weighted by Gasteiger charge is -2.32. The molecule has 0 unspecified atom stereocenters. The SMILES string of the molecule is COc1ccc(S(=O)(=O)N2CCN(C=O)CC2)c(C)c1C. The number of nitrogens with zero attached hydrogens (tertiary/aromatic N) is 2. The van der Waals surface area contributed by atoms with Gasteiger partial charge < -0.3 is 9.64 Å². The molecule has 1 aliphatic heterocycles. The number of benzene rings is 1. The number of rotatable bonds is 4. The van der Waals surface area contributed by atoms with Crippen LogP contribution in [0.15, 0.2) is 17.0 Å². The van der Waals surface area contributed by atoms with E-state index in [-0.39, 0.29) is 0 Å². The molecule has 0 bridgehead atoms. The summed E-state index contributed by atoms with van der Waals surface area (Å²) in [6.45, 7) is 5.13. The van der Waals surface area contributed by atoms with Gasteiger partial charge in [-0.1, -0.05) is 0 Å². The van der Waals surface area contributed by atoms with Gasteiger partial charge in [-0.2, -0.15) is 4.31 Å². The molecule has 1 aromatic rings. The molecule has 1 heterocycles. The van der Waals surface area contributed by atoms with Crippen LogP contribution in [-0.2, 0) is 14.8 Å². The molecule has 1 fully saturated rings. The van der Waals surface area contributed by atoms with Gasteiger partial charge in [0, 0.05) is 26.2 Å². The van der Waals surface area contributed by atoms with E-state index in [1.165, 1.54) is 4.31 Å². The fraction of sp³-hybridized carbons (Fsp3) is 0.500. The van der Waals surface area contributed by atoms with E-state index in [0.717, 1.165) is 12.0 Å². The monoisotopic (exact) mass is 312 g/mol. The van der Waals surface area contributed by atoms with Crippen molar-refractivity contribution in [2.45, 2.75) is 18.7 Å². The quantitative estimate of drug-likeness (QED) is 0.770. The normalized spacial score (nSPS) is 16.8. The fourth-order valence-corrected chi connectivity index (χ4v) is 4.16. The Morgan fingerprint density at radius 2 is 1.71 bits per heavy atom. The van der Waals surface area contributed by atoms with Gasteiger partial charge in [-0.05, 0) is 37.1 Å². The van der Waals surface area contributed by atoms with E-state index < -0.39 is 10.0 Å². The molecule has 1 amide bonds. The number of amides is 1. The molecule has 21 heavy (non-hydrogen) atoms. The Hall–Kier alpha value is -1.60. The molecule has 0 N–H and O–H groups in total. The summed E-state index contributed by atoms with van der Waals surface area (Å²) in [7, 11) is -1.97. The number of methoxy groups -OCH3 is 1. The zero-order valence-corrected chi connectivity index (χ0v) is 13.3. The molecular formula is C14H20N2O4S. The minimum absolute atomic E-state index is 0.306. The highest BCUT2D eigenvalue weighted by Gasteiger charge is 2.29. The number of hydrogen-bond acceptors (Lipinski definition) is 4. The third kappa shape index (κ3) is 2.89. The Labute approximate surface area is 125 Å². The fourth-order valence-electron chi connectivity index (χ4n) is 2.46. The summed E-state index contributed by atoms with van der Waals surface area (Å²) in [6.07, 6.45) is 0.757. The maximum Gasteiger partial charge on any atom is 0.243 e. The van der Waals surface area contributed by atoms with Gasteiger partial charge >= 0.3 is 0 Å². The van der Waals surface area contributed by atoms with Crippen LogP contribution < -0.4 is 4.74 Å². The van der Waals surface area contributed by atoms with Crippen molar-refractivity contribution in [1.29, 1.82) is 0 Å². The van der Waals surface area contributed by atoms with Gasteiger partial charge in [0.25, 0.3) is 0 Å². The van der Waals surface area contributed by atoms with Crippen molar-refractivity contribution in [3.63, 3.8) is 0 Å². The van der Waals surface area contributed by atoms with Crippen LogP contribution in [-0.4, -0.2) is 57.3 Å². The van der Waals surface area contributed by atoms with Crippen molar-refractivity contribution >= 4 is 16.4 Å². The Bertz CT molecular complexity index is 635. The van der Waals surface area contributed by atoms with Gasteiger partial charge in [0.15, 0.2) is 0 Å². The summed E-state index contributed by atoms with van der Waals surface area (Å²) >= 11 is 0. The van der Waals surface area contributed by atoms with Crippen LogP contribution in [0, 0.1) is 13.8 Å². The molecule has 0 aromatic heterocycles. The molecule has 7 heteroatoms. The number of sulfonamides is 1. The number of ether oxygens (including phenoxy) is 1. The maximum atomic E-state index is 12.7. The largest absolute Gasteiger partial charge is 0.496 e. The maximum absolute atomic E-state index is 12.7. The highest BCUT2D eigenvalue weighted by atomic mass is 32.2. The van der Waals surface area contributed by atoms with Crippen LogP contribution in [0.1, 0.15) is 11.1 Å². The van der Waals surface area contributed by atoms with Crippen molar-refractivity contribution in [2.75, 3.05) is 33.3 Å². The zero-order chi connectivity index (χ0) is 15.6.